The Labute approximate surface area is 116 Å². The molecule has 3 nitrogen and oxygen atoms in total. The topological polar surface area (TPSA) is 30.5 Å². The number of rotatable bonds is 6. The summed E-state index contributed by atoms with van der Waals surface area (Å²) in [6.45, 7) is 4.13. The van der Waals surface area contributed by atoms with Crippen LogP contribution < -0.4 is 10.1 Å². The molecule has 1 aromatic rings. The Hall–Kier alpha value is -1.06. The van der Waals surface area contributed by atoms with Crippen LogP contribution in [-0.2, 0) is 11.2 Å². The molecule has 2 rings (SSSR count). The summed E-state index contributed by atoms with van der Waals surface area (Å²) in [6.07, 6.45) is 5.17. The van der Waals surface area contributed by atoms with E-state index >= 15 is 0 Å². The van der Waals surface area contributed by atoms with E-state index in [0.717, 1.165) is 25.3 Å². The molecule has 0 saturated carbocycles. The molecule has 1 aliphatic rings. The van der Waals surface area contributed by atoms with Crippen LogP contribution in [0.3, 0.4) is 0 Å². The minimum Gasteiger partial charge on any atom is -0.497 e. The predicted molar refractivity (Wildman–Crippen MR) is 77.8 cm³/mol. The molecule has 2 atom stereocenters. The van der Waals surface area contributed by atoms with Crippen LogP contribution in [0.5, 0.6) is 5.75 Å². The van der Waals surface area contributed by atoms with Crippen LogP contribution >= 0.6 is 0 Å². The number of benzene rings is 1. The molecule has 0 bridgehead atoms. The molecule has 106 valence electrons. The number of nitrogens with one attached hydrogen (secondary N) is 1. The Morgan fingerprint density at radius 1 is 1.32 bits per heavy atom. The highest BCUT2D eigenvalue weighted by molar-refractivity contribution is 5.27. The van der Waals surface area contributed by atoms with Crippen LogP contribution in [-0.4, -0.2) is 32.4 Å². The summed E-state index contributed by atoms with van der Waals surface area (Å²) in [5.41, 5.74) is 1.34. The fraction of sp³-hybridized carbons (Fsp3) is 0.625. The molecular formula is C16H25NO2. The molecule has 1 aromatic carbocycles. The van der Waals surface area contributed by atoms with Crippen molar-refractivity contribution in [1.29, 1.82) is 0 Å². The summed E-state index contributed by atoms with van der Waals surface area (Å²) < 4.78 is 10.9. The smallest absolute Gasteiger partial charge is 0.118 e. The van der Waals surface area contributed by atoms with Crippen molar-refractivity contribution < 1.29 is 9.47 Å². The molecular weight excluding hydrogens is 238 g/mol. The first-order valence-corrected chi connectivity index (χ1v) is 7.26. The first-order valence-electron chi connectivity index (χ1n) is 7.26. The van der Waals surface area contributed by atoms with E-state index in [2.05, 4.69) is 24.4 Å². The molecule has 2 unspecified atom stereocenters. The zero-order valence-electron chi connectivity index (χ0n) is 12.0. The van der Waals surface area contributed by atoms with Crippen molar-refractivity contribution in [3.8, 4) is 5.75 Å². The van der Waals surface area contributed by atoms with Crippen LogP contribution in [0.1, 0.15) is 31.7 Å². The van der Waals surface area contributed by atoms with Crippen LogP contribution in [0.25, 0.3) is 0 Å². The summed E-state index contributed by atoms with van der Waals surface area (Å²) in [5.74, 6) is 0.917. The third kappa shape index (κ3) is 4.84. The van der Waals surface area contributed by atoms with Gasteiger partial charge in [-0.05, 0) is 50.3 Å². The second-order valence-corrected chi connectivity index (χ2v) is 5.35. The van der Waals surface area contributed by atoms with Gasteiger partial charge in [-0.25, -0.2) is 0 Å². The summed E-state index contributed by atoms with van der Waals surface area (Å²) in [4.78, 5) is 0. The molecule has 1 saturated heterocycles. The quantitative estimate of drug-likeness (QED) is 0.856. The summed E-state index contributed by atoms with van der Waals surface area (Å²) in [6, 6.07) is 8.78. The van der Waals surface area contributed by atoms with Gasteiger partial charge in [0.05, 0.1) is 13.2 Å². The Balaban J connectivity index is 1.71. The van der Waals surface area contributed by atoms with Gasteiger partial charge in [0.25, 0.3) is 0 Å². The highest BCUT2D eigenvalue weighted by atomic mass is 16.5. The van der Waals surface area contributed by atoms with Crippen molar-refractivity contribution in [2.75, 3.05) is 20.3 Å². The minimum atomic E-state index is 0.409. The fourth-order valence-corrected chi connectivity index (χ4v) is 2.49. The highest BCUT2D eigenvalue weighted by Gasteiger charge is 2.14. The van der Waals surface area contributed by atoms with Gasteiger partial charge in [-0.15, -0.1) is 0 Å². The van der Waals surface area contributed by atoms with Gasteiger partial charge >= 0.3 is 0 Å². The molecule has 3 heteroatoms. The first kappa shape index (κ1) is 14.4. The van der Waals surface area contributed by atoms with Crippen molar-refractivity contribution in [3.05, 3.63) is 29.8 Å². The van der Waals surface area contributed by atoms with E-state index in [-0.39, 0.29) is 0 Å². The average Bonchev–Trinajstić information content (AvgIpc) is 2.47. The van der Waals surface area contributed by atoms with Gasteiger partial charge in [-0.2, -0.15) is 0 Å². The van der Waals surface area contributed by atoms with Gasteiger partial charge in [0.2, 0.25) is 0 Å². The van der Waals surface area contributed by atoms with Crippen LogP contribution in [0, 0.1) is 0 Å². The fourth-order valence-electron chi connectivity index (χ4n) is 2.49. The second-order valence-electron chi connectivity index (χ2n) is 5.35. The highest BCUT2D eigenvalue weighted by Crippen LogP contribution is 2.14. The van der Waals surface area contributed by atoms with Crippen molar-refractivity contribution in [3.63, 3.8) is 0 Å². The third-order valence-corrected chi connectivity index (χ3v) is 3.67. The lowest BCUT2D eigenvalue weighted by molar-refractivity contribution is 0.0156. The van der Waals surface area contributed by atoms with Gasteiger partial charge in [-0.1, -0.05) is 12.1 Å². The van der Waals surface area contributed by atoms with Gasteiger partial charge < -0.3 is 14.8 Å². The maximum absolute atomic E-state index is 5.73. The third-order valence-electron chi connectivity index (χ3n) is 3.67. The van der Waals surface area contributed by atoms with E-state index in [9.17, 15) is 0 Å². The average molecular weight is 263 g/mol. The van der Waals surface area contributed by atoms with Gasteiger partial charge in [0.1, 0.15) is 5.75 Å². The lowest BCUT2D eigenvalue weighted by Crippen LogP contribution is -2.37. The van der Waals surface area contributed by atoms with E-state index in [4.69, 9.17) is 9.47 Å². The second kappa shape index (κ2) is 7.51. The van der Waals surface area contributed by atoms with Crippen LogP contribution in [0.4, 0.5) is 0 Å². The molecule has 0 radical (unpaired) electrons. The molecule has 1 aliphatic heterocycles. The first-order chi connectivity index (χ1) is 9.28. The molecule has 1 N–H and O–H groups in total. The number of methoxy groups -OCH3 is 1. The van der Waals surface area contributed by atoms with Crippen molar-refractivity contribution in [1.82, 2.24) is 5.32 Å². The standard InChI is InChI=1S/C16H25NO2/c1-13(17-12-16-5-3-4-10-19-16)11-14-6-8-15(18-2)9-7-14/h6-9,13,16-17H,3-5,10-12H2,1-2H3. The summed E-state index contributed by atoms with van der Waals surface area (Å²) in [5, 5.41) is 3.57. The maximum Gasteiger partial charge on any atom is 0.118 e. The van der Waals surface area contributed by atoms with E-state index in [1.54, 1.807) is 7.11 Å². The zero-order chi connectivity index (χ0) is 13.5. The lowest BCUT2D eigenvalue weighted by atomic mass is 10.1. The van der Waals surface area contributed by atoms with Crippen molar-refractivity contribution in [2.24, 2.45) is 0 Å². The largest absolute Gasteiger partial charge is 0.497 e. The van der Waals surface area contributed by atoms with E-state index in [0.29, 0.717) is 12.1 Å². The predicted octanol–water partition coefficient (Wildman–Crippen LogP) is 2.78. The van der Waals surface area contributed by atoms with Crippen LogP contribution in [0.15, 0.2) is 24.3 Å². The summed E-state index contributed by atoms with van der Waals surface area (Å²) in [7, 11) is 1.70. The lowest BCUT2D eigenvalue weighted by Gasteiger charge is -2.24. The monoisotopic (exact) mass is 263 g/mol. The Morgan fingerprint density at radius 3 is 2.74 bits per heavy atom. The van der Waals surface area contributed by atoms with Crippen LogP contribution in [0.2, 0.25) is 0 Å². The molecule has 0 amide bonds. The van der Waals surface area contributed by atoms with E-state index in [1.165, 1.54) is 24.8 Å². The van der Waals surface area contributed by atoms with Crippen molar-refractivity contribution in [2.45, 2.75) is 44.8 Å². The molecule has 0 spiro atoms. The van der Waals surface area contributed by atoms with E-state index < -0.39 is 0 Å². The van der Waals surface area contributed by atoms with Crippen molar-refractivity contribution >= 4 is 0 Å². The Kier molecular flexibility index (Phi) is 5.67. The zero-order valence-corrected chi connectivity index (χ0v) is 12.0. The van der Waals surface area contributed by atoms with Gasteiger partial charge in [-0.3, -0.25) is 0 Å². The minimum absolute atomic E-state index is 0.409. The van der Waals surface area contributed by atoms with Gasteiger partial charge in [0.15, 0.2) is 0 Å². The normalized spacial score (nSPS) is 21.1. The number of hydrogen-bond acceptors (Lipinski definition) is 3. The molecule has 0 aromatic heterocycles. The molecule has 1 fully saturated rings. The van der Waals surface area contributed by atoms with E-state index in [1.807, 2.05) is 12.1 Å². The molecule has 0 aliphatic carbocycles. The number of ether oxygens (including phenoxy) is 2. The molecule has 1 heterocycles. The summed E-state index contributed by atoms with van der Waals surface area (Å²) >= 11 is 0. The Morgan fingerprint density at radius 2 is 2.11 bits per heavy atom. The van der Waals surface area contributed by atoms with Gasteiger partial charge in [0, 0.05) is 19.2 Å². The Bertz CT molecular complexity index is 358. The number of hydrogen-bond donors (Lipinski definition) is 1. The molecule has 19 heavy (non-hydrogen) atoms. The SMILES string of the molecule is COc1ccc(CC(C)NCC2CCCCO2)cc1. The maximum atomic E-state index is 5.73.